The number of aliphatic carboxylic acids is 2. The topological polar surface area (TPSA) is 193 Å². The van der Waals surface area contributed by atoms with Crippen LogP contribution in [0.3, 0.4) is 0 Å². The molecule has 0 aliphatic rings. The van der Waals surface area contributed by atoms with Crippen molar-refractivity contribution in [2.45, 2.75) is 43.5 Å². The molecule has 10 nitrogen and oxygen atoms in total. The standard InChI is InChI=1S/C10H15NO.C6H10O8.Ca/c1-8(11-2)10(12)9-6-4-3-5-7-9;7-1(3(9)5(11)12)2(8)4(10)6(13)14;/h3-8,10-12H,1-2H3;1-4,7-10H,(H,11,12)(H,13,14);/q;;+2/p-2/t8-,10+;1-,2-,3-,4+;/m00./s1. The molecule has 0 heterocycles. The van der Waals surface area contributed by atoms with Crippen LogP contribution in [0.2, 0.25) is 0 Å². The first kappa shape index (κ1) is 28.4. The van der Waals surface area contributed by atoms with Gasteiger partial charge in [0.25, 0.3) is 0 Å². The summed E-state index contributed by atoms with van der Waals surface area (Å²) in [5.74, 6) is -4.22. The Bertz CT molecular complexity index is 536. The Morgan fingerprint density at radius 3 is 1.56 bits per heavy atom. The van der Waals surface area contributed by atoms with Gasteiger partial charge in [0.15, 0.2) is 0 Å². The zero-order valence-corrected chi connectivity index (χ0v) is 17.1. The Hall–Kier alpha value is -0.820. The van der Waals surface area contributed by atoms with Crippen LogP contribution in [-0.4, -0.2) is 113 Å². The van der Waals surface area contributed by atoms with Gasteiger partial charge in [-0.1, -0.05) is 30.3 Å². The van der Waals surface area contributed by atoms with Crippen LogP contribution in [0.1, 0.15) is 18.6 Å². The van der Waals surface area contributed by atoms with Crippen molar-refractivity contribution in [2.75, 3.05) is 7.05 Å². The number of nitrogens with one attached hydrogen (secondary N) is 1. The maximum Gasteiger partial charge on any atom is 2.00 e. The van der Waals surface area contributed by atoms with Crippen LogP contribution in [-0.2, 0) is 9.59 Å². The number of likely N-dealkylation sites (N-methyl/N-ethyl adjacent to an activating group) is 1. The van der Waals surface area contributed by atoms with Crippen LogP contribution >= 0.6 is 0 Å². The van der Waals surface area contributed by atoms with Crippen molar-refractivity contribution >= 4 is 49.7 Å². The molecular weight excluding hydrogens is 390 g/mol. The molecule has 1 aromatic carbocycles. The largest absolute Gasteiger partial charge is 2.00 e. The van der Waals surface area contributed by atoms with Gasteiger partial charge in [-0.15, -0.1) is 0 Å². The molecule has 0 unspecified atom stereocenters. The van der Waals surface area contributed by atoms with E-state index in [0.717, 1.165) is 5.56 Å². The molecule has 1 aromatic rings. The summed E-state index contributed by atoms with van der Waals surface area (Å²) >= 11 is 0. The van der Waals surface area contributed by atoms with Crippen LogP contribution in [0.5, 0.6) is 0 Å². The molecule has 6 N–H and O–H groups in total. The van der Waals surface area contributed by atoms with Gasteiger partial charge in [0.05, 0.1) is 18.0 Å². The Labute approximate surface area is 186 Å². The Balaban J connectivity index is 0. The summed E-state index contributed by atoms with van der Waals surface area (Å²) in [7, 11) is 1.84. The van der Waals surface area contributed by atoms with Crippen molar-refractivity contribution in [3.8, 4) is 0 Å². The van der Waals surface area contributed by atoms with Gasteiger partial charge >= 0.3 is 37.7 Å². The fourth-order valence-electron chi connectivity index (χ4n) is 1.75. The number of carbonyl (C=O) groups is 2. The van der Waals surface area contributed by atoms with E-state index in [2.05, 4.69) is 5.32 Å². The van der Waals surface area contributed by atoms with Crippen LogP contribution in [0.25, 0.3) is 0 Å². The second-order valence-electron chi connectivity index (χ2n) is 5.44. The molecule has 27 heavy (non-hydrogen) atoms. The van der Waals surface area contributed by atoms with Crippen molar-refractivity contribution in [1.82, 2.24) is 5.32 Å². The molecule has 0 saturated carbocycles. The van der Waals surface area contributed by atoms with E-state index < -0.39 is 42.5 Å². The zero-order chi connectivity index (χ0) is 20.4. The van der Waals surface area contributed by atoms with Gasteiger partial charge in [0.2, 0.25) is 0 Å². The van der Waals surface area contributed by atoms with Gasteiger partial charge in [-0.3, -0.25) is 0 Å². The number of rotatable bonds is 8. The molecule has 11 heteroatoms. The number of hydrogen-bond acceptors (Lipinski definition) is 10. The summed E-state index contributed by atoms with van der Waals surface area (Å²) in [6, 6.07) is 9.76. The van der Waals surface area contributed by atoms with E-state index in [9.17, 15) is 24.9 Å². The SMILES string of the molecule is CN[C@@H](C)[C@@H](O)c1ccccc1.O=C([O-])[C@@H](O)[C@@H](O)[C@H](O)[C@@H](O)C(=O)[O-].[Ca+2]. The predicted octanol–water partition coefficient (Wildman–Crippen LogP) is -5.12. The third kappa shape index (κ3) is 9.79. The molecule has 0 aromatic heterocycles. The first-order chi connectivity index (χ1) is 12.0. The fraction of sp³-hybridized carbons (Fsp3) is 0.500. The zero-order valence-electron chi connectivity index (χ0n) is 14.9. The molecule has 6 atom stereocenters. The summed E-state index contributed by atoms with van der Waals surface area (Å²) < 4.78 is 0. The molecule has 0 saturated heterocycles. The average Bonchev–Trinajstić information content (AvgIpc) is 2.65. The van der Waals surface area contributed by atoms with Crippen molar-refractivity contribution < 1.29 is 45.3 Å². The van der Waals surface area contributed by atoms with Gasteiger partial charge in [-0.05, 0) is 19.5 Å². The normalized spacial score (nSPS) is 17.0. The number of benzene rings is 1. The van der Waals surface area contributed by atoms with Gasteiger partial charge in [-0.25, -0.2) is 0 Å². The van der Waals surface area contributed by atoms with Crippen LogP contribution in [0, 0.1) is 0 Å². The Morgan fingerprint density at radius 2 is 1.26 bits per heavy atom. The molecule has 0 amide bonds. The number of aliphatic hydroxyl groups excluding tert-OH is 5. The van der Waals surface area contributed by atoms with E-state index >= 15 is 0 Å². The maximum atomic E-state index is 9.96. The quantitative estimate of drug-likeness (QED) is 0.224. The number of hydrogen-bond donors (Lipinski definition) is 6. The minimum atomic E-state index is -2.50. The fourth-order valence-corrected chi connectivity index (χ4v) is 1.75. The van der Waals surface area contributed by atoms with Crippen molar-refractivity contribution in [3.63, 3.8) is 0 Å². The van der Waals surface area contributed by atoms with Gasteiger partial charge in [0, 0.05) is 6.04 Å². The van der Waals surface area contributed by atoms with E-state index in [4.69, 9.17) is 20.4 Å². The number of carbonyl (C=O) groups excluding carboxylic acids is 2. The second-order valence-corrected chi connectivity index (χ2v) is 5.44. The smallest absolute Gasteiger partial charge is 0.547 e. The molecule has 0 aliphatic heterocycles. The summed E-state index contributed by atoms with van der Waals surface area (Å²) in [6.07, 6.45) is -10.2. The summed E-state index contributed by atoms with van der Waals surface area (Å²) in [4.78, 5) is 19.9. The molecule has 0 radical (unpaired) electrons. The molecule has 0 fully saturated rings. The number of carboxylic acid groups (broad SMARTS) is 2. The Morgan fingerprint density at radius 1 is 0.889 bits per heavy atom. The van der Waals surface area contributed by atoms with E-state index in [1.807, 2.05) is 44.3 Å². The molecular formula is C16H23CaNO9. The molecule has 0 bridgehead atoms. The first-order valence-corrected chi connectivity index (χ1v) is 7.58. The van der Waals surface area contributed by atoms with Crippen LogP contribution in [0.15, 0.2) is 30.3 Å². The third-order valence-electron chi connectivity index (χ3n) is 3.55. The third-order valence-corrected chi connectivity index (χ3v) is 3.55. The molecule has 148 valence electrons. The van der Waals surface area contributed by atoms with Gasteiger partial charge in [0.1, 0.15) is 24.4 Å². The van der Waals surface area contributed by atoms with E-state index in [0.29, 0.717) is 0 Å². The van der Waals surface area contributed by atoms with Crippen LogP contribution < -0.4 is 15.5 Å². The minimum Gasteiger partial charge on any atom is -0.547 e. The molecule has 0 spiro atoms. The monoisotopic (exact) mass is 413 g/mol. The molecule has 1 rings (SSSR count). The van der Waals surface area contributed by atoms with Crippen molar-refractivity contribution in [3.05, 3.63) is 35.9 Å². The summed E-state index contributed by atoms with van der Waals surface area (Å²) in [5, 5.41) is 67.5. The second kappa shape index (κ2) is 14.2. The minimum absolute atomic E-state index is 0. The Kier molecular flexibility index (Phi) is 14.9. The predicted molar refractivity (Wildman–Crippen MR) is 89.7 cm³/mol. The van der Waals surface area contributed by atoms with Crippen molar-refractivity contribution in [2.24, 2.45) is 0 Å². The first-order valence-electron chi connectivity index (χ1n) is 7.58. The number of aliphatic hydroxyl groups is 5. The van der Waals surface area contributed by atoms with Gasteiger partial charge in [-0.2, -0.15) is 0 Å². The maximum absolute atomic E-state index is 9.96. The van der Waals surface area contributed by atoms with Crippen LogP contribution in [0.4, 0.5) is 0 Å². The average molecular weight is 413 g/mol. The van der Waals surface area contributed by atoms with E-state index in [1.54, 1.807) is 0 Å². The summed E-state index contributed by atoms with van der Waals surface area (Å²) in [5.41, 5.74) is 0.958. The van der Waals surface area contributed by atoms with E-state index in [-0.39, 0.29) is 43.8 Å². The van der Waals surface area contributed by atoms with E-state index in [1.165, 1.54) is 0 Å². The molecule has 0 aliphatic carbocycles. The number of carboxylic acids is 2. The summed E-state index contributed by atoms with van der Waals surface area (Å²) in [6.45, 7) is 1.96. The van der Waals surface area contributed by atoms with Gasteiger partial charge < -0.3 is 50.7 Å². The van der Waals surface area contributed by atoms with Crippen molar-refractivity contribution in [1.29, 1.82) is 0 Å².